The standard InChI is InChI=1S/C13H14Br2N2O2/c1-16-12(18)11-3-2-6-17(11)13(19)9-7-8(14)4-5-10(9)15/h4-5,7,11H,2-3,6H2,1H3,(H,16,18). The average molecular weight is 390 g/mol. The van der Waals surface area contributed by atoms with Crippen molar-refractivity contribution in [3.63, 3.8) is 0 Å². The van der Waals surface area contributed by atoms with E-state index in [1.807, 2.05) is 12.1 Å². The first-order chi connectivity index (χ1) is 9.04. The Labute approximate surface area is 128 Å². The monoisotopic (exact) mass is 388 g/mol. The van der Waals surface area contributed by atoms with Gasteiger partial charge in [0.2, 0.25) is 5.91 Å². The van der Waals surface area contributed by atoms with Gasteiger partial charge in [0.05, 0.1) is 5.56 Å². The lowest BCUT2D eigenvalue weighted by Crippen LogP contribution is -2.45. The summed E-state index contributed by atoms with van der Waals surface area (Å²) in [6, 6.07) is 5.10. The minimum absolute atomic E-state index is 0.100. The van der Waals surface area contributed by atoms with Crippen LogP contribution in [0.25, 0.3) is 0 Å². The Morgan fingerprint density at radius 2 is 2.11 bits per heavy atom. The number of likely N-dealkylation sites (tertiary alicyclic amines) is 1. The summed E-state index contributed by atoms with van der Waals surface area (Å²) < 4.78 is 1.58. The third-order valence-corrected chi connectivity index (χ3v) is 4.41. The maximum atomic E-state index is 12.5. The number of nitrogens with one attached hydrogen (secondary N) is 1. The van der Waals surface area contributed by atoms with Crippen LogP contribution in [0.1, 0.15) is 23.2 Å². The van der Waals surface area contributed by atoms with Gasteiger partial charge in [0, 0.05) is 22.5 Å². The fourth-order valence-electron chi connectivity index (χ4n) is 2.27. The summed E-state index contributed by atoms with van der Waals surface area (Å²) in [6.45, 7) is 0.621. The highest BCUT2D eigenvalue weighted by atomic mass is 79.9. The van der Waals surface area contributed by atoms with Gasteiger partial charge in [0.25, 0.3) is 5.91 Å². The van der Waals surface area contributed by atoms with E-state index in [0.29, 0.717) is 12.1 Å². The Morgan fingerprint density at radius 1 is 1.37 bits per heavy atom. The highest BCUT2D eigenvalue weighted by molar-refractivity contribution is 9.11. The lowest BCUT2D eigenvalue weighted by Gasteiger charge is -2.24. The number of likely N-dealkylation sites (N-methyl/N-ethyl adjacent to an activating group) is 1. The molecule has 0 bridgehead atoms. The summed E-state index contributed by atoms with van der Waals surface area (Å²) >= 11 is 6.74. The number of halogens is 2. The summed E-state index contributed by atoms with van der Waals surface area (Å²) in [6.07, 6.45) is 1.58. The first-order valence-corrected chi connectivity index (χ1v) is 7.61. The van der Waals surface area contributed by atoms with Crippen molar-refractivity contribution < 1.29 is 9.59 Å². The molecule has 1 unspecified atom stereocenters. The average Bonchev–Trinajstić information content (AvgIpc) is 2.89. The second kappa shape index (κ2) is 6.05. The van der Waals surface area contributed by atoms with Gasteiger partial charge >= 0.3 is 0 Å². The Balaban J connectivity index is 2.28. The molecule has 0 spiro atoms. The predicted octanol–water partition coefficient (Wildman–Crippen LogP) is 2.56. The van der Waals surface area contributed by atoms with Crippen molar-refractivity contribution in [3.8, 4) is 0 Å². The Morgan fingerprint density at radius 3 is 2.79 bits per heavy atom. The van der Waals surface area contributed by atoms with Crippen molar-refractivity contribution in [1.29, 1.82) is 0 Å². The number of nitrogens with zero attached hydrogens (tertiary/aromatic N) is 1. The van der Waals surface area contributed by atoms with E-state index in [1.54, 1.807) is 18.0 Å². The molecule has 1 aliphatic heterocycles. The molecule has 1 N–H and O–H groups in total. The van der Waals surface area contributed by atoms with E-state index in [2.05, 4.69) is 37.2 Å². The minimum atomic E-state index is -0.358. The number of carbonyl (C=O) groups is 2. The minimum Gasteiger partial charge on any atom is -0.357 e. The van der Waals surface area contributed by atoms with Crippen molar-refractivity contribution in [2.24, 2.45) is 0 Å². The van der Waals surface area contributed by atoms with E-state index < -0.39 is 0 Å². The van der Waals surface area contributed by atoms with Crippen LogP contribution in [0.4, 0.5) is 0 Å². The maximum Gasteiger partial charge on any atom is 0.255 e. The van der Waals surface area contributed by atoms with Gasteiger partial charge in [-0.05, 0) is 47.0 Å². The molecule has 1 aliphatic rings. The van der Waals surface area contributed by atoms with Gasteiger partial charge in [-0.2, -0.15) is 0 Å². The van der Waals surface area contributed by atoms with Gasteiger partial charge < -0.3 is 10.2 Å². The highest BCUT2D eigenvalue weighted by Gasteiger charge is 2.34. The molecule has 1 aromatic rings. The number of carbonyl (C=O) groups excluding carboxylic acids is 2. The van der Waals surface area contributed by atoms with Crippen LogP contribution in [0.15, 0.2) is 27.1 Å². The zero-order valence-electron chi connectivity index (χ0n) is 10.5. The zero-order valence-corrected chi connectivity index (χ0v) is 13.6. The fraction of sp³-hybridized carbons (Fsp3) is 0.385. The van der Waals surface area contributed by atoms with E-state index in [4.69, 9.17) is 0 Å². The smallest absolute Gasteiger partial charge is 0.255 e. The normalized spacial score (nSPS) is 18.5. The number of benzene rings is 1. The molecule has 19 heavy (non-hydrogen) atoms. The quantitative estimate of drug-likeness (QED) is 0.844. The van der Waals surface area contributed by atoms with E-state index in [9.17, 15) is 9.59 Å². The third-order valence-electron chi connectivity index (χ3n) is 3.22. The molecule has 0 saturated carbocycles. The topological polar surface area (TPSA) is 49.4 Å². The number of hydrogen-bond donors (Lipinski definition) is 1. The first kappa shape index (κ1) is 14.5. The van der Waals surface area contributed by atoms with Crippen molar-refractivity contribution in [1.82, 2.24) is 10.2 Å². The molecule has 0 aliphatic carbocycles. The van der Waals surface area contributed by atoms with Gasteiger partial charge in [0.1, 0.15) is 6.04 Å². The maximum absolute atomic E-state index is 12.5. The first-order valence-electron chi connectivity index (χ1n) is 6.02. The lowest BCUT2D eigenvalue weighted by molar-refractivity contribution is -0.124. The Hall–Kier alpha value is -0.880. The molecule has 1 fully saturated rings. The fourth-order valence-corrected chi connectivity index (χ4v) is 3.04. The number of hydrogen-bond acceptors (Lipinski definition) is 2. The Bertz CT molecular complexity index is 519. The molecule has 2 rings (SSSR count). The molecule has 0 radical (unpaired) electrons. The van der Waals surface area contributed by atoms with Gasteiger partial charge in [-0.1, -0.05) is 15.9 Å². The van der Waals surface area contributed by atoms with Crippen LogP contribution in [0, 0.1) is 0 Å². The molecule has 102 valence electrons. The number of rotatable bonds is 2. The van der Waals surface area contributed by atoms with Gasteiger partial charge in [-0.3, -0.25) is 9.59 Å². The molecule has 0 aromatic heterocycles. The van der Waals surface area contributed by atoms with Crippen molar-refractivity contribution in [3.05, 3.63) is 32.7 Å². The molecule has 1 aromatic carbocycles. The molecular formula is C13H14Br2N2O2. The van der Waals surface area contributed by atoms with Crippen LogP contribution in [-0.4, -0.2) is 36.3 Å². The second-order valence-electron chi connectivity index (χ2n) is 4.39. The van der Waals surface area contributed by atoms with E-state index in [1.165, 1.54) is 0 Å². The van der Waals surface area contributed by atoms with Crippen LogP contribution >= 0.6 is 31.9 Å². The number of amides is 2. The Kier molecular flexibility index (Phi) is 4.62. The summed E-state index contributed by atoms with van der Waals surface area (Å²) in [7, 11) is 1.60. The molecule has 4 nitrogen and oxygen atoms in total. The largest absolute Gasteiger partial charge is 0.357 e. The van der Waals surface area contributed by atoms with Gasteiger partial charge in [0.15, 0.2) is 0 Å². The highest BCUT2D eigenvalue weighted by Crippen LogP contribution is 2.26. The SMILES string of the molecule is CNC(=O)C1CCCN1C(=O)c1cc(Br)ccc1Br. The lowest BCUT2D eigenvalue weighted by atomic mass is 10.1. The summed E-state index contributed by atoms with van der Waals surface area (Å²) in [5.74, 6) is -0.212. The van der Waals surface area contributed by atoms with Crippen LogP contribution in [-0.2, 0) is 4.79 Å². The molecular weight excluding hydrogens is 376 g/mol. The summed E-state index contributed by atoms with van der Waals surface area (Å²) in [5, 5.41) is 2.62. The second-order valence-corrected chi connectivity index (χ2v) is 6.17. The molecule has 2 amide bonds. The molecule has 1 heterocycles. The summed E-state index contributed by atoms with van der Waals surface area (Å²) in [4.78, 5) is 26.0. The zero-order chi connectivity index (χ0) is 14.0. The van der Waals surface area contributed by atoms with Crippen LogP contribution in [0.2, 0.25) is 0 Å². The van der Waals surface area contributed by atoms with E-state index in [0.717, 1.165) is 21.8 Å². The van der Waals surface area contributed by atoms with Crippen molar-refractivity contribution in [2.45, 2.75) is 18.9 Å². The third kappa shape index (κ3) is 3.00. The van der Waals surface area contributed by atoms with E-state index in [-0.39, 0.29) is 17.9 Å². The van der Waals surface area contributed by atoms with Crippen molar-refractivity contribution in [2.75, 3.05) is 13.6 Å². The molecule has 1 saturated heterocycles. The molecule has 1 atom stereocenters. The van der Waals surface area contributed by atoms with Crippen LogP contribution in [0.3, 0.4) is 0 Å². The van der Waals surface area contributed by atoms with Crippen LogP contribution < -0.4 is 5.32 Å². The van der Waals surface area contributed by atoms with Crippen LogP contribution in [0.5, 0.6) is 0 Å². The van der Waals surface area contributed by atoms with Gasteiger partial charge in [-0.25, -0.2) is 0 Å². The van der Waals surface area contributed by atoms with E-state index >= 15 is 0 Å². The predicted molar refractivity (Wildman–Crippen MR) is 80.0 cm³/mol. The molecule has 6 heteroatoms. The summed E-state index contributed by atoms with van der Waals surface area (Å²) in [5.41, 5.74) is 0.574. The van der Waals surface area contributed by atoms with Gasteiger partial charge in [-0.15, -0.1) is 0 Å². The van der Waals surface area contributed by atoms with Crippen molar-refractivity contribution >= 4 is 43.7 Å².